The maximum absolute atomic E-state index is 3.67. The first-order chi connectivity index (χ1) is 7.81. The minimum Gasteiger partial charge on any atom is -0.313 e. The van der Waals surface area contributed by atoms with Gasteiger partial charge in [0.25, 0.3) is 0 Å². The van der Waals surface area contributed by atoms with Gasteiger partial charge in [-0.1, -0.05) is 26.7 Å². The maximum Gasteiger partial charge on any atom is 0.0192 e. The van der Waals surface area contributed by atoms with Crippen LogP contribution in [0.25, 0.3) is 0 Å². The minimum absolute atomic E-state index is 0.733. The summed E-state index contributed by atoms with van der Waals surface area (Å²) in [5.41, 5.74) is 0. The molecule has 2 rings (SSSR count). The average Bonchev–Trinajstić information content (AvgIpc) is 2.55. The van der Waals surface area contributed by atoms with Crippen molar-refractivity contribution in [2.45, 2.75) is 64.5 Å². The molecule has 3 unspecified atom stereocenters. The number of nitrogens with zero attached hydrogens (tertiary/aromatic N) is 1. The molecule has 1 saturated heterocycles. The highest BCUT2D eigenvalue weighted by molar-refractivity contribution is 4.85. The molecule has 0 aromatic rings. The summed E-state index contributed by atoms with van der Waals surface area (Å²) in [6, 6.07) is 1.61. The molecule has 0 aromatic heterocycles. The second kappa shape index (κ2) is 6.02. The van der Waals surface area contributed by atoms with Gasteiger partial charge >= 0.3 is 0 Å². The minimum atomic E-state index is 0.733. The van der Waals surface area contributed by atoms with Crippen molar-refractivity contribution in [3.05, 3.63) is 0 Å². The van der Waals surface area contributed by atoms with Crippen molar-refractivity contribution in [1.82, 2.24) is 10.2 Å². The molecule has 94 valence electrons. The van der Waals surface area contributed by atoms with Gasteiger partial charge in [-0.15, -0.1) is 0 Å². The third-order valence-corrected chi connectivity index (χ3v) is 4.54. The summed E-state index contributed by atoms with van der Waals surface area (Å²) in [5.74, 6) is 0.921. The van der Waals surface area contributed by atoms with Gasteiger partial charge in [0.2, 0.25) is 0 Å². The first kappa shape index (κ1) is 12.4. The highest BCUT2D eigenvalue weighted by Crippen LogP contribution is 2.28. The molecule has 3 atom stereocenters. The van der Waals surface area contributed by atoms with E-state index in [4.69, 9.17) is 0 Å². The summed E-state index contributed by atoms with van der Waals surface area (Å²) < 4.78 is 0. The normalized spacial score (nSPS) is 38.2. The van der Waals surface area contributed by atoms with Crippen molar-refractivity contribution in [2.75, 3.05) is 19.6 Å². The van der Waals surface area contributed by atoms with Gasteiger partial charge in [0.1, 0.15) is 0 Å². The first-order valence-electron chi connectivity index (χ1n) is 7.28. The Bertz CT molecular complexity index is 205. The predicted molar refractivity (Wildman–Crippen MR) is 69.7 cm³/mol. The van der Waals surface area contributed by atoms with Crippen molar-refractivity contribution in [3.8, 4) is 0 Å². The standard InChI is InChI=1S/C14H28N2/c1-3-13-11-16(10-6-9-15-13)14-8-5-4-7-12(14)2/h12-15H,3-11H2,1-2H3. The zero-order valence-electron chi connectivity index (χ0n) is 11.0. The Morgan fingerprint density at radius 2 is 2.00 bits per heavy atom. The van der Waals surface area contributed by atoms with Gasteiger partial charge < -0.3 is 5.32 Å². The van der Waals surface area contributed by atoms with Crippen LogP contribution in [0.2, 0.25) is 0 Å². The van der Waals surface area contributed by atoms with Crippen molar-refractivity contribution in [3.63, 3.8) is 0 Å². The third-order valence-electron chi connectivity index (χ3n) is 4.54. The van der Waals surface area contributed by atoms with E-state index in [2.05, 4.69) is 24.1 Å². The van der Waals surface area contributed by atoms with Crippen LogP contribution < -0.4 is 5.32 Å². The Morgan fingerprint density at radius 1 is 1.19 bits per heavy atom. The summed E-state index contributed by atoms with van der Waals surface area (Å²) in [6.45, 7) is 8.59. The van der Waals surface area contributed by atoms with Crippen LogP contribution in [0.3, 0.4) is 0 Å². The van der Waals surface area contributed by atoms with Crippen LogP contribution in [-0.4, -0.2) is 36.6 Å². The SMILES string of the molecule is CCC1CN(C2CCCCC2C)CCCN1. The van der Waals surface area contributed by atoms with Gasteiger partial charge in [-0.05, 0) is 44.7 Å². The molecular formula is C14H28N2. The Labute approximate surface area is 101 Å². The molecule has 0 amide bonds. The lowest BCUT2D eigenvalue weighted by Crippen LogP contribution is -2.46. The van der Waals surface area contributed by atoms with Crippen molar-refractivity contribution in [2.24, 2.45) is 5.92 Å². The zero-order valence-corrected chi connectivity index (χ0v) is 11.0. The average molecular weight is 224 g/mol. The quantitative estimate of drug-likeness (QED) is 0.776. The van der Waals surface area contributed by atoms with Gasteiger partial charge in [-0.25, -0.2) is 0 Å². The zero-order chi connectivity index (χ0) is 11.4. The Morgan fingerprint density at radius 3 is 2.75 bits per heavy atom. The lowest BCUT2D eigenvalue weighted by molar-refractivity contribution is 0.109. The number of nitrogens with one attached hydrogen (secondary N) is 1. The molecule has 2 nitrogen and oxygen atoms in total. The van der Waals surface area contributed by atoms with Crippen LogP contribution >= 0.6 is 0 Å². The van der Waals surface area contributed by atoms with Crippen molar-refractivity contribution >= 4 is 0 Å². The topological polar surface area (TPSA) is 15.3 Å². The summed E-state index contributed by atoms with van der Waals surface area (Å²) in [7, 11) is 0. The van der Waals surface area contributed by atoms with Crippen LogP contribution in [0.1, 0.15) is 52.4 Å². The molecule has 0 radical (unpaired) electrons. The fourth-order valence-corrected chi connectivity index (χ4v) is 3.44. The molecular weight excluding hydrogens is 196 g/mol. The monoisotopic (exact) mass is 224 g/mol. The predicted octanol–water partition coefficient (Wildman–Crippen LogP) is 2.64. The van der Waals surface area contributed by atoms with Crippen LogP contribution in [-0.2, 0) is 0 Å². The van der Waals surface area contributed by atoms with Crippen LogP contribution in [0.4, 0.5) is 0 Å². The van der Waals surface area contributed by atoms with Crippen molar-refractivity contribution in [1.29, 1.82) is 0 Å². The molecule has 1 aliphatic heterocycles. The summed E-state index contributed by atoms with van der Waals surface area (Å²) in [5, 5.41) is 3.67. The molecule has 1 saturated carbocycles. The molecule has 2 fully saturated rings. The van der Waals surface area contributed by atoms with Gasteiger partial charge in [-0.2, -0.15) is 0 Å². The molecule has 0 spiro atoms. The first-order valence-corrected chi connectivity index (χ1v) is 7.28. The second-order valence-electron chi connectivity index (χ2n) is 5.74. The van der Waals surface area contributed by atoms with Crippen molar-refractivity contribution < 1.29 is 0 Å². The van der Waals surface area contributed by atoms with Gasteiger partial charge in [0.05, 0.1) is 0 Å². The maximum atomic E-state index is 3.67. The van der Waals surface area contributed by atoms with Crippen LogP contribution in [0.5, 0.6) is 0 Å². The van der Waals surface area contributed by atoms with E-state index in [1.165, 1.54) is 58.2 Å². The van der Waals surface area contributed by atoms with E-state index in [1.807, 2.05) is 0 Å². The molecule has 1 N–H and O–H groups in total. The largest absolute Gasteiger partial charge is 0.313 e. The molecule has 0 bridgehead atoms. The molecule has 2 heteroatoms. The smallest absolute Gasteiger partial charge is 0.0192 e. The Balaban J connectivity index is 1.94. The number of hydrogen-bond donors (Lipinski definition) is 1. The fraction of sp³-hybridized carbons (Fsp3) is 1.00. The van der Waals surface area contributed by atoms with Crippen LogP contribution in [0.15, 0.2) is 0 Å². The third kappa shape index (κ3) is 2.98. The van der Waals surface area contributed by atoms with E-state index in [0.717, 1.165) is 18.0 Å². The molecule has 1 aliphatic carbocycles. The van der Waals surface area contributed by atoms with E-state index in [-0.39, 0.29) is 0 Å². The fourth-order valence-electron chi connectivity index (χ4n) is 3.44. The van der Waals surface area contributed by atoms with E-state index in [9.17, 15) is 0 Å². The van der Waals surface area contributed by atoms with E-state index >= 15 is 0 Å². The molecule has 2 aliphatic rings. The Hall–Kier alpha value is -0.0800. The summed E-state index contributed by atoms with van der Waals surface area (Å²) >= 11 is 0. The highest BCUT2D eigenvalue weighted by Gasteiger charge is 2.29. The molecule has 0 aromatic carbocycles. The lowest BCUT2D eigenvalue weighted by atomic mass is 9.84. The second-order valence-corrected chi connectivity index (χ2v) is 5.74. The summed E-state index contributed by atoms with van der Waals surface area (Å²) in [6.07, 6.45) is 8.41. The summed E-state index contributed by atoms with van der Waals surface area (Å²) in [4.78, 5) is 2.79. The van der Waals surface area contributed by atoms with Gasteiger partial charge in [0.15, 0.2) is 0 Å². The number of rotatable bonds is 2. The molecule has 1 heterocycles. The van der Waals surface area contributed by atoms with E-state index in [0.29, 0.717) is 0 Å². The van der Waals surface area contributed by atoms with Gasteiger partial charge in [-0.3, -0.25) is 4.90 Å². The van der Waals surface area contributed by atoms with Gasteiger partial charge in [0, 0.05) is 18.6 Å². The highest BCUT2D eigenvalue weighted by atomic mass is 15.2. The van der Waals surface area contributed by atoms with E-state index < -0.39 is 0 Å². The van der Waals surface area contributed by atoms with E-state index in [1.54, 1.807) is 0 Å². The lowest BCUT2D eigenvalue weighted by Gasteiger charge is -2.39. The Kier molecular flexibility index (Phi) is 4.66. The number of hydrogen-bond acceptors (Lipinski definition) is 2. The van der Waals surface area contributed by atoms with Crippen LogP contribution in [0, 0.1) is 5.92 Å². The molecule has 16 heavy (non-hydrogen) atoms.